The first-order valence-corrected chi connectivity index (χ1v) is 6.32. The normalized spacial score (nSPS) is 31.4. The molecule has 1 heterocycles. The maximum Gasteiger partial charge on any atom is 0.408 e. The van der Waals surface area contributed by atoms with Crippen molar-refractivity contribution in [3.8, 4) is 6.07 Å². The second-order valence-corrected chi connectivity index (χ2v) is 5.51. The molecule has 1 aromatic rings. The third-order valence-corrected chi connectivity index (χ3v) is 4.40. The Morgan fingerprint density at radius 1 is 1.40 bits per heavy atom. The van der Waals surface area contributed by atoms with Gasteiger partial charge in [0, 0.05) is 18.0 Å². The van der Waals surface area contributed by atoms with E-state index in [9.17, 15) is 18.7 Å². The van der Waals surface area contributed by atoms with Gasteiger partial charge in [-0.1, -0.05) is 0 Å². The van der Waals surface area contributed by atoms with Crippen molar-refractivity contribution in [1.82, 2.24) is 4.90 Å². The van der Waals surface area contributed by atoms with E-state index in [2.05, 4.69) is 0 Å². The lowest BCUT2D eigenvalue weighted by Crippen LogP contribution is -2.47. The second-order valence-electron chi connectivity index (χ2n) is 5.51. The monoisotopic (exact) mass is 278 g/mol. The SMILES string of the molecule is N#CC1C[C@@H]2C[C@]2(c2cc(F)cc(F)c2)CN1C(=O)O. The van der Waals surface area contributed by atoms with E-state index in [1.807, 2.05) is 6.07 Å². The van der Waals surface area contributed by atoms with Crippen LogP contribution >= 0.6 is 0 Å². The van der Waals surface area contributed by atoms with E-state index in [0.29, 0.717) is 18.4 Å². The minimum atomic E-state index is -1.17. The molecule has 2 fully saturated rings. The molecule has 4 nitrogen and oxygen atoms in total. The van der Waals surface area contributed by atoms with Crippen molar-refractivity contribution >= 4 is 6.09 Å². The minimum absolute atomic E-state index is 0.115. The highest BCUT2D eigenvalue weighted by atomic mass is 19.1. The number of carboxylic acid groups (broad SMARTS) is 1. The van der Waals surface area contributed by atoms with E-state index in [0.717, 1.165) is 11.0 Å². The zero-order chi connectivity index (χ0) is 14.5. The van der Waals surface area contributed by atoms with Crippen molar-refractivity contribution in [1.29, 1.82) is 5.26 Å². The predicted octanol–water partition coefficient (Wildman–Crippen LogP) is 2.50. The summed E-state index contributed by atoms with van der Waals surface area (Å²) < 4.78 is 26.7. The Bertz CT molecular complexity index is 608. The van der Waals surface area contributed by atoms with Crippen molar-refractivity contribution in [3.05, 3.63) is 35.4 Å². The number of amides is 1. The van der Waals surface area contributed by atoms with Gasteiger partial charge in [0.05, 0.1) is 6.07 Å². The Labute approximate surface area is 114 Å². The summed E-state index contributed by atoms with van der Waals surface area (Å²) in [6.45, 7) is 0.119. The molecule has 1 aliphatic heterocycles. The Morgan fingerprint density at radius 3 is 2.60 bits per heavy atom. The Hall–Kier alpha value is -2.16. The predicted molar refractivity (Wildman–Crippen MR) is 64.9 cm³/mol. The quantitative estimate of drug-likeness (QED) is 0.858. The van der Waals surface area contributed by atoms with Gasteiger partial charge in [-0.2, -0.15) is 5.26 Å². The summed E-state index contributed by atoms with van der Waals surface area (Å²) in [5.74, 6) is -1.21. The molecule has 3 rings (SSSR count). The molecule has 0 bridgehead atoms. The molecule has 1 aromatic carbocycles. The fourth-order valence-electron chi connectivity index (χ4n) is 3.30. The van der Waals surface area contributed by atoms with Gasteiger partial charge in [-0.15, -0.1) is 0 Å². The van der Waals surface area contributed by atoms with Crippen LogP contribution in [0.15, 0.2) is 18.2 Å². The van der Waals surface area contributed by atoms with Crippen LogP contribution in [0.2, 0.25) is 0 Å². The number of benzene rings is 1. The van der Waals surface area contributed by atoms with Crippen LogP contribution in [0.4, 0.5) is 13.6 Å². The third-order valence-electron chi connectivity index (χ3n) is 4.40. The van der Waals surface area contributed by atoms with Gasteiger partial charge < -0.3 is 5.11 Å². The van der Waals surface area contributed by atoms with Gasteiger partial charge in [-0.3, -0.25) is 4.90 Å². The topological polar surface area (TPSA) is 64.3 Å². The minimum Gasteiger partial charge on any atom is -0.465 e. The van der Waals surface area contributed by atoms with Gasteiger partial charge in [-0.05, 0) is 36.5 Å². The van der Waals surface area contributed by atoms with Crippen LogP contribution in [0, 0.1) is 28.9 Å². The Balaban J connectivity index is 1.96. The maximum atomic E-state index is 13.3. The molecule has 2 aliphatic rings. The van der Waals surface area contributed by atoms with Crippen LogP contribution in [0.25, 0.3) is 0 Å². The smallest absolute Gasteiger partial charge is 0.408 e. The summed E-state index contributed by atoms with van der Waals surface area (Å²) in [7, 11) is 0. The highest BCUT2D eigenvalue weighted by Gasteiger charge is 2.61. The van der Waals surface area contributed by atoms with Crippen LogP contribution in [-0.2, 0) is 5.41 Å². The molecule has 3 atom stereocenters. The zero-order valence-corrected chi connectivity index (χ0v) is 10.5. The van der Waals surface area contributed by atoms with E-state index < -0.39 is 29.2 Å². The number of fused-ring (bicyclic) bond motifs is 1. The molecule has 1 N–H and O–H groups in total. The molecule has 1 aliphatic carbocycles. The molecule has 1 unspecified atom stereocenters. The lowest BCUT2D eigenvalue weighted by Gasteiger charge is -2.34. The van der Waals surface area contributed by atoms with Crippen LogP contribution in [0.3, 0.4) is 0 Å². The summed E-state index contributed by atoms with van der Waals surface area (Å²) in [5.41, 5.74) is -0.0445. The van der Waals surface area contributed by atoms with Crippen LogP contribution < -0.4 is 0 Å². The van der Waals surface area contributed by atoms with Crippen molar-refractivity contribution in [3.63, 3.8) is 0 Å². The highest BCUT2D eigenvalue weighted by Crippen LogP contribution is 2.59. The largest absolute Gasteiger partial charge is 0.465 e. The van der Waals surface area contributed by atoms with Crippen LogP contribution in [0.5, 0.6) is 0 Å². The van der Waals surface area contributed by atoms with Crippen molar-refractivity contribution < 1.29 is 18.7 Å². The molecule has 6 heteroatoms. The van der Waals surface area contributed by atoms with Crippen molar-refractivity contribution in [2.45, 2.75) is 24.3 Å². The van der Waals surface area contributed by atoms with Gasteiger partial charge in [0.1, 0.15) is 17.7 Å². The van der Waals surface area contributed by atoms with Gasteiger partial charge in [0.2, 0.25) is 0 Å². The molecule has 0 spiro atoms. The molecule has 0 aromatic heterocycles. The fraction of sp³-hybridized carbons (Fsp3) is 0.429. The standard InChI is InChI=1S/C14H12F2N2O2/c15-10-1-8(2-11(16)4-10)14-5-9(14)3-12(6-17)18(7-14)13(19)20/h1-2,4,9,12H,3,5,7H2,(H,19,20)/t9-,12?,14-/m1/s1. The fourth-order valence-corrected chi connectivity index (χ4v) is 3.30. The number of hydrogen-bond acceptors (Lipinski definition) is 2. The van der Waals surface area contributed by atoms with Gasteiger partial charge >= 0.3 is 6.09 Å². The average Bonchev–Trinajstić information content (AvgIpc) is 3.10. The lowest BCUT2D eigenvalue weighted by atomic mass is 9.86. The average molecular weight is 278 g/mol. The Kier molecular flexibility index (Phi) is 2.68. The van der Waals surface area contributed by atoms with E-state index in [-0.39, 0.29) is 12.5 Å². The van der Waals surface area contributed by atoms with Gasteiger partial charge in [0.25, 0.3) is 0 Å². The summed E-state index contributed by atoms with van der Waals surface area (Å²) in [5, 5.41) is 18.2. The van der Waals surface area contributed by atoms with Gasteiger partial charge in [0.15, 0.2) is 0 Å². The van der Waals surface area contributed by atoms with E-state index >= 15 is 0 Å². The summed E-state index contributed by atoms with van der Waals surface area (Å²) in [6.07, 6.45) is -0.0863. The summed E-state index contributed by atoms with van der Waals surface area (Å²) in [6, 6.07) is 4.62. The zero-order valence-electron chi connectivity index (χ0n) is 10.5. The molecular weight excluding hydrogens is 266 g/mol. The lowest BCUT2D eigenvalue weighted by molar-refractivity contribution is 0.113. The number of likely N-dealkylation sites (tertiary alicyclic amines) is 1. The van der Waals surface area contributed by atoms with E-state index in [1.165, 1.54) is 12.1 Å². The maximum absolute atomic E-state index is 13.3. The molecule has 104 valence electrons. The number of piperidine rings is 1. The highest BCUT2D eigenvalue weighted by molar-refractivity contribution is 5.67. The molecule has 20 heavy (non-hydrogen) atoms. The molecule has 1 saturated heterocycles. The number of rotatable bonds is 1. The first kappa shape index (κ1) is 12.9. The molecule has 0 radical (unpaired) electrons. The number of hydrogen-bond donors (Lipinski definition) is 1. The number of carbonyl (C=O) groups is 1. The van der Waals surface area contributed by atoms with E-state index in [4.69, 9.17) is 5.26 Å². The number of halogens is 2. The van der Waals surface area contributed by atoms with E-state index in [1.54, 1.807) is 0 Å². The third kappa shape index (κ3) is 1.82. The molecular formula is C14H12F2N2O2. The van der Waals surface area contributed by atoms with Crippen LogP contribution in [0.1, 0.15) is 18.4 Å². The van der Waals surface area contributed by atoms with Crippen molar-refractivity contribution in [2.75, 3.05) is 6.54 Å². The summed E-state index contributed by atoms with van der Waals surface area (Å²) in [4.78, 5) is 12.3. The number of nitrogens with zero attached hydrogens (tertiary/aromatic N) is 2. The first-order valence-electron chi connectivity index (χ1n) is 6.32. The molecule has 1 saturated carbocycles. The second kappa shape index (κ2) is 4.17. The number of nitriles is 1. The van der Waals surface area contributed by atoms with Crippen LogP contribution in [-0.4, -0.2) is 28.7 Å². The van der Waals surface area contributed by atoms with Crippen molar-refractivity contribution in [2.24, 2.45) is 5.92 Å². The summed E-state index contributed by atoms with van der Waals surface area (Å²) >= 11 is 0. The first-order chi connectivity index (χ1) is 9.46. The van der Waals surface area contributed by atoms with Gasteiger partial charge in [-0.25, -0.2) is 13.6 Å². The molecule has 1 amide bonds. The Morgan fingerprint density at radius 2 is 2.05 bits per heavy atom.